The van der Waals surface area contributed by atoms with Gasteiger partial charge in [0.2, 0.25) is 0 Å². The summed E-state index contributed by atoms with van der Waals surface area (Å²) in [7, 11) is 1.87. The number of hydrogen-bond donors (Lipinski definition) is 0. The van der Waals surface area contributed by atoms with Gasteiger partial charge in [0.15, 0.2) is 5.76 Å². The fraction of sp³-hybridized carbons (Fsp3) is 0.105. The number of carbonyl (C=O) groups excluding carboxylic acids is 1. The highest BCUT2D eigenvalue weighted by molar-refractivity contribution is 6.36. The van der Waals surface area contributed by atoms with Crippen LogP contribution in [0.15, 0.2) is 69.9 Å². The van der Waals surface area contributed by atoms with Crippen LogP contribution < -0.4 is 5.01 Å². The number of aromatic nitrogens is 2. The Hall–Kier alpha value is -3.41. The van der Waals surface area contributed by atoms with Crippen LogP contribution in [0.25, 0.3) is 6.08 Å². The third-order valence-electron chi connectivity index (χ3n) is 4.06. The molecule has 1 aromatic carbocycles. The summed E-state index contributed by atoms with van der Waals surface area (Å²) in [6.07, 6.45) is 3.32. The number of carbonyl (C=O) groups is 1. The summed E-state index contributed by atoms with van der Waals surface area (Å²) in [5.41, 5.74) is 3.38. The van der Waals surface area contributed by atoms with Gasteiger partial charge in [-0.25, -0.2) is 0 Å². The Morgan fingerprint density at radius 3 is 2.56 bits per heavy atom. The van der Waals surface area contributed by atoms with Crippen LogP contribution in [0.5, 0.6) is 0 Å². The number of nitrogens with zero attached hydrogens (tertiary/aromatic N) is 4. The zero-order valence-corrected chi connectivity index (χ0v) is 13.9. The molecule has 0 bridgehead atoms. The molecule has 3 heterocycles. The van der Waals surface area contributed by atoms with Gasteiger partial charge in [-0.15, -0.1) is 0 Å². The molecule has 1 amide bonds. The molecule has 6 nitrogen and oxygen atoms in total. The van der Waals surface area contributed by atoms with Gasteiger partial charge in [0.05, 0.1) is 23.2 Å². The van der Waals surface area contributed by atoms with E-state index in [1.807, 2.05) is 50.4 Å². The largest absolute Gasteiger partial charge is 0.463 e. The minimum absolute atomic E-state index is 0.207. The summed E-state index contributed by atoms with van der Waals surface area (Å²) in [5, 5.41) is 10.3. The molecular weight excluding hydrogens is 316 g/mol. The van der Waals surface area contributed by atoms with Gasteiger partial charge in [-0.3, -0.25) is 9.48 Å². The molecular formula is C19H16N4O2. The van der Waals surface area contributed by atoms with Crippen LogP contribution in [0.4, 0.5) is 5.69 Å². The molecule has 0 aliphatic carbocycles. The molecule has 0 radical (unpaired) electrons. The molecule has 124 valence electrons. The Morgan fingerprint density at radius 1 is 1.12 bits per heavy atom. The lowest BCUT2D eigenvalue weighted by atomic mass is 10.1. The van der Waals surface area contributed by atoms with Crippen molar-refractivity contribution >= 4 is 23.4 Å². The molecule has 0 N–H and O–H groups in total. The molecule has 1 aliphatic rings. The van der Waals surface area contributed by atoms with Crippen LogP contribution >= 0.6 is 0 Å². The van der Waals surface area contributed by atoms with E-state index in [-0.39, 0.29) is 5.91 Å². The average molecular weight is 332 g/mol. The molecule has 0 saturated carbocycles. The van der Waals surface area contributed by atoms with Crippen molar-refractivity contribution in [3.63, 3.8) is 0 Å². The van der Waals surface area contributed by atoms with Gasteiger partial charge in [0.1, 0.15) is 5.71 Å². The maximum Gasteiger partial charge on any atom is 0.281 e. The Kier molecular flexibility index (Phi) is 3.57. The minimum Gasteiger partial charge on any atom is -0.463 e. The summed E-state index contributed by atoms with van der Waals surface area (Å²) >= 11 is 0. The van der Waals surface area contributed by atoms with Gasteiger partial charge in [-0.1, -0.05) is 18.2 Å². The van der Waals surface area contributed by atoms with Crippen molar-refractivity contribution in [2.24, 2.45) is 12.1 Å². The first-order valence-electron chi connectivity index (χ1n) is 7.88. The second-order valence-electron chi connectivity index (χ2n) is 5.77. The maximum absolute atomic E-state index is 13.0. The van der Waals surface area contributed by atoms with E-state index in [1.165, 1.54) is 5.01 Å². The second-order valence-corrected chi connectivity index (χ2v) is 5.77. The van der Waals surface area contributed by atoms with E-state index >= 15 is 0 Å². The van der Waals surface area contributed by atoms with Crippen molar-refractivity contribution in [1.82, 2.24) is 9.78 Å². The molecule has 0 unspecified atom stereocenters. The molecule has 2 aromatic heterocycles. The van der Waals surface area contributed by atoms with Gasteiger partial charge in [0, 0.05) is 12.7 Å². The number of hydrazone groups is 1. The van der Waals surface area contributed by atoms with Gasteiger partial charge in [-0.05, 0) is 43.3 Å². The fourth-order valence-electron chi connectivity index (χ4n) is 2.69. The van der Waals surface area contributed by atoms with E-state index < -0.39 is 0 Å². The normalized spacial score (nSPS) is 15.9. The second kappa shape index (κ2) is 5.90. The van der Waals surface area contributed by atoms with Crippen molar-refractivity contribution in [3.8, 4) is 0 Å². The Bertz CT molecular complexity index is 962. The number of furan rings is 1. The number of amides is 1. The molecule has 0 spiro atoms. The SMILES string of the molecule is Cc1cc(/C=C2/C(=O)N(c3ccccc3)N=C2c2ccco2)nn1C. The molecule has 1 aliphatic heterocycles. The third-order valence-corrected chi connectivity index (χ3v) is 4.06. The Balaban J connectivity index is 1.82. The van der Waals surface area contributed by atoms with Gasteiger partial charge in [-0.2, -0.15) is 15.2 Å². The first-order chi connectivity index (χ1) is 12.1. The molecule has 6 heteroatoms. The third kappa shape index (κ3) is 2.67. The van der Waals surface area contributed by atoms with E-state index in [4.69, 9.17) is 4.42 Å². The molecule has 25 heavy (non-hydrogen) atoms. The van der Waals surface area contributed by atoms with Crippen LogP contribution in [0.3, 0.4) is 0 Å². The number of benzene rings is 1. The molecule has 0 fully saturated rings. The van der Waals surface area contributed by atoms with Crippen LogP contribution in [-0.4, -0.2) is 21.4 Å². The molecule has 4 rings (SSSR count). The van der Waals surface area contributed by atoms with Gasteiger partial charge < -0.3 is 4.42 Å². The van der Waals surface area contributed by atoms with Crippen LogP contribution in [0, 0.1) is 6.92 Å². The van der Waals surface area contributed by atoms with Crippen molar-refractivity contribution < 1.29 is 9.21 Å². The lowest BCUT2D eigenvalue weighted by molar-refractivity contribution is -0.114. The van der Waals surface area contributed by atoms with E-state index in [0.29, 0.717) is 28.4 Å². The predicted molar refractivity (Wildman–Crippen MR) is 95.1 cm³/mol. The van der Waals surface area contributed by atoms with Gasteiger partial charge in [0.25, 0.3) is 5.91 Å². The standard InChI is InChI=1S/C19H16N4O2/c1-13-11-14(20-22(13)2)12-16-18(17-9-6-10-25-17)21-23(19(16)24)15-7-4-3-5-8-15/h3-12H,1-2H3/b16-12+. The molecule has 3 aromatic rings. The predicted octanol–water partition coefficient (Wildman–Crippen LogP) is 3.16. The van der Waals surface area contributed by atoms with Crippen molar-refractivity contribution in [3.05, 3.63) is 77.5 Å². The molecule has 0 saturated heterocycles. The highest BCUT2D eigenvalue weighted by atomic mass is 16.3. The van der Waals surface area contributed by atoms with Crippen molar-refractivity contribution in [1.29, 1.82) is 0 Å². The van der Waals surface area contributed by atoms with Crippen molar-refractivity contribution in [2.75, 3.05) is 5.01 Å². The highest BCUT2D eigenvalue weighted by Gasteiger charge is 2.33. The summed E-state index contributed by atoms with van der Waals surface area (Å²) in [4.78, 5) is 13.0. The number of anilines is 1. The average Bonchev–Trinajstić information content (AvgIpc) is 3.31. The summed E-state index contributed by atoms with van der Waals surface area (Å²) < 4.78 is 7.24. The summed E-state index contributed by atoms with van der Waals surface area (Å²) in [6, 6.07) is 14.8. The fourth-order valence-corrected chi connectivity index (χ4v) is 2.69. The topological polar surface area (TPSA) is 63.6 Å². The number of para-hydroxylation sites is 1. The zero-order chi connectivity index (χ0) is 17.4. The summed E-state index contributed by atoms with van der Waals surface area (Å²) in [6.45, 7) is 1.96. The number of rotatable bonds is 3. The summed E-state index contributed by atoms with van der Waals surface area (Å²) in [5.74, 6) is 0.339. The van der Waals surface area contributed by atoms with E-state index in [1.54, 1.807) is 29.2 Å². The van der Waals surface area contributed by atoms with Gasteiger partial charge >= 0.3 is 0 Å². The minimum atomic E-state index is -0.207. The maximum atomic E-state index is 13.0. The Labute approximate surface area is 144 Å². The van der Waals surface area contributed by atoms with E-state index in [0.717, 1.165) is 5.69 Å². The molecule has 0 atom stereocenters. The monoisotopic (exact) mass is 332 g/mol. The Morgan fingerprint density at radius 2 is 1.92 bits per heavy atom. The van der Waals surface area contributed by atoms with Crippen LogP contribution in [0.1, 0.15) is 17.1 Å². The number of hydrogen-bond acceptors (Lipinski definition) is 4. The first kappa shape index (κ1) is 15.1. The first-order valence-corrected chi connectivity index (χ1v) is 7.88. The highest BCUT2D eigenvalue weighted by Crippen LogP contribution is 2.27. The van der Waals surface area contributed by atoms with E-state index in [9.17, 15) is 4.79 Å². The quantitative estimate of drug-likeness (QED) is 0.692. The lowest BCUT2D eigenvalue weighted by Gasteiger charge is -2.10. The van der Waals surface area contributed by atoms with Crippen molar-refractivity contribution in [2.45, 2.75) is 6.92 Å². The smallest absolute Gasteiger partial charge is 0.281 e. The van der Waals surface area contributed by atoms with Crippen LogP contribution in [-0.2, 0) is 11.8 Å². The van der Waals surface area contributed by atoms with Crippen LogP contribution in [0.2, 0.25) is 0 Å². The zero-order valence-electron chi connectivity index (χ0n) is 13.9. The van der Waals surface area contributed by atoms with E-state index in [2.05, 4.69) is 10.2 Å². The lowest BCUT2D eigenvalue weighted by Crippen LogP contribution is -2.21. The number of aryl methyl sites for hydroxylation is 2.